The van der Waals surface area contributed by atoms with Crippen LogP contribution in [0.5, 0.6) is 0 Å². The van der Waals surface area contributed by atoms with Gasteiger partial charge < -0.3 is 11.1 Å². The number of hydrogen-bond donors (Lipinski definition) is 2. The second-order valence-corrected chi connectivity index (χ2v) is 6.10. The first kappa shape index (κ1) is 18.7. The zero-order chi connectivity index (χ0) is 14.4. The molecule has 1 aliphatic carbocycles. The smallest absolute Gasteiger partial charge is 0.188 e. The van der Waals surface area contributed by atoms with Crippen LogP contribution < -0.4 is 11.1 Å². The molecular formula is C15H22BrFIN3. The maximum atomic E-state index is 13.1. The summed E-state index contributed by atoms with van der Waals surface area (Å²) in [4.78, 5) is 4.34. The monoisotopic (exact) mass is 469 g/mol. The molecule has 1 aliphatic rings. The van der Waals surface area contributed by atoms with Gasteiger partial charge in [0.25, 0.3) is 0 Å². The zero-order valence-electron chi connectivity index (χ0n) is 11.9. The fraction of sp³-hybridized carbons (Fsp3) is 0.533. The van der Waals surface area contributed by atoms with Gasteiger partial charge >= 0.3 is 0 Å². The fourth-order valence-corrected chi connectivity index (χ4v) is 2.93. The summed E-state index contributed by atoms with van der Waals surface area (Å²) in [5.74, 6) is 0.286. The van der Waals surface area contributed by atoms with Crippen LogP contribution in [-0.4, -0.2) is 18.5 Å². The molecule has 1 fully saturated rings. The maximum Gasteiger partial charge on any atom is 0.188 e. The summed E-state index contributed by atoms with van der Waals surface area (Å²) < 4.78 is 13.6. The summed E-state index contributed by atoms with van der Waals surface area (Å²) in [5.41, 5.74) is 6.94. The van der Waals surface area contributed by atoms with Crippen LogP contribution in [-0.2, 0) is 6.42 Å². The van der Waals surface area contributed by atoms with Gasteiger partial charge in [-0.3, -0.25) is 4.99 Å². The summed E-state index contributed by atoms with van der Waals surface area (Å²) in [6.45, 7) is 0.615. The van der Waals surface area contributed by atoms with Crippen LogP contribution in [0.1, 0.15) is 37.7 Å². The van der Waals surface area contributed by atoms with Gasteiger partial charge in [-0.2, -0.15) is 0 Å². The van der Waals surface area contributed by atoms with Gasteiger partial charge in [0.1, 0.15) is 5.82 Å². The molecule has 0 bridgehead atoms. The van der Waals surface area contributed by atoms with Crippen molar-refractivity contribution in [1.29, 1.82) is 0 Å². The highest BCUT2D eigenvalue weighted by Crippen LogP contribution is 2.18. The normalized spacial score (nSPS) is 16.4. The van der Waals surface area contributed by atoms with Crippen molar-refractivity contribution in [2.24, 2.45) is 10.7 Å². The lowest BCUT2D eigenvalue weighted by atomic mass is 9.96. The van der Waals surface area contributed by atoms with Gasteiger partial charge in [0, 0.05) is 12.6 Å². The number of nitrogens with one attached hydrogen (secondary N) is 1. The Labute approximate surface area is 151 Å². The van der Waals surface area contributed by atoms with Crippen LogP contribution >= 0.6 is 39.9 Å². The molecule has 6 heteroatoms. The van der Waals surface area contributed by atoms with Crippen LogP contribution in [0.4, 0.5) is 4.39 Å². The molecule has 1 aromatic carbocycles. The van der Waals surface area contributed by atoms with E-state index in [2.05, 4.69) is 26.2 Å². The first-order valence-electron chi connectivity index (χ1n) is 7.15. The predicted octanol–water partition coefficient (Wildman–Crippen LogP) is 3.99. The third-order valence-electron chi connectivity index (χ3n) is 3.62. The summed E-state index contributed by atoms with van der Waals surface area (Å²) in [5, 5.41) is 3.28. The Hall–Kier alpha value is -0.370. The lowest BCUT2D eigenvalue weighted by Crippen LogP contribution is -2.41. The SMILES string of the molecule is I.NC(=NCCc1ccc(F)c(Br)c1)NC1CCCCC1. The highest BCUT2D eigenvalue weighted by molar-refractivity contribution is 14.0. The third kappa shape index (κ3) is 6.50. The molecular weight excluding hydrogens is 448 g/mol. The van der Waals surface area contributed by atoms with Crippen molar-refractivity contribution < 1.29 is 4.39 Å². The molecule has 0 radical (unpaired) electrons. The number of rotatable bonds is 4. The van der Waals surface area contributed by atoms with Crippen molar-refractivity contribution in [3.8, 4) is 0 Å². The van der Waals surface area contributed by atoms with Gasteiger partial charge in [-0.05, 0) is 52.9 Å². The Bertz CT molecular complexity index is 476. The number of halogens is 3. The molecule has 118 valence electrons. The third-order valence-corrected chi connectivity index (χ3v) is 4.23. The fourth-order valence-electron chi connectivity index (χ4n) is 2.50. The van der Waals surface area contributed by atoms with Crippen molar-refractivity contribution in [2.75, 3.05) is 6.54 Å². The second kappa shape index (κ2) is 9.61. The van der Waals surface area contributed by atoms with Crippen LogP contribution in [0.3, 0.4) is 0 Å². The Morgan fingerprint density at radius 2 is 2.05 bits per heavy atom. The number of nitrogens with zero attached hydrogens (tertiary/aromatic N) is 1. The Morgan fingerprint density at radius 1 is 1.33 bits per heavy atom. The lowest BCUT2D eigenvalue weighted by molar-refractivity contribution is 0.412. The van der Waals surface area contributed by atoms with Crippen LogP contribution in [0.15, 0.2) is 27.7 Å². The van der Waals surface area contributed by atoms with Crippen LogP contribution in [0.25, 0.3) is 0 Å². The first-order chi connectivity index (χ1) is 9.65. The number of hydrogen-bond acceptors (Lipinski definition) is 1. The minimum Gasteiger partial charge on any atom is -0.370 e. The van der Waals surface area contributed by atoms with Gasteiger partial charge in [0.05, 0.1) is 4.47 Å². The van der Waals surface area contributed by atoms with Gasteiger partial charge in [0.15, 0.2) is 5.96 Å². The summed E-state index contributed by atoms with van der Waals surface area (Å²) in [6, 6.07) is 5.51. The van der Waals surface area contributed by atoms with E-state index in [0.29, 0.717) is 23.0 Å². The van der Waals surface area contributed by atoms with E-state index in [1.54, 1.807) is 12.1 Å². The number of aliphatic imine (C=N–C) groups is 1. The average Bonchev–Trinajstić information content (AvgIpc) is 2.44. The zero-order valence-corrected chi connectivity index (χ0v) is 15.9. The highest BCUT2D eigenvalue weighted by Gasteiger charge is 2.13. The lowest BCUT2D eigenvalue weighted by Gasteiger charge is -2.23. The molecule has 3 nitrogen and oxygen atoms in total. The molecule has 0 aromatic heterocycles. The van der Waals surface area contributed by atoms with E-state index in [1.165, 1.54) is 38.2 Å². The van der Waals surface area contributed by atoms with E-state index in [0.717, 1.165) is 12.0 Å². The molecule has 0 atom stereocenters. The highest BCUT2D eigenvalue weighted by atomic mass is 127. The van der Waals surface area contributed by atoms with Gasteiger partial charge in [-0.25, -0.2) is 4.39 Å². The van der Waals surface area contributed by atoms with Crippen LogP contribution in [0.2, 0.25) is 0 Å². The van der Waals surface area contributed by atoms with Crippen molar-refractivity contribution in [3.63, 3.8) is 0 Å². The Morgan fingerprint density at radius 3 is 2.71 bits per heavy atom. The molecule has 1 saturated carbocycles. The van der Waals surface area contributed by atoms with Crippen LogP contribution in [0, 0.1) is 5.82 Å². The quantitative estimate of drug-likeness (QED) is 0.398. The molecule has 3 N–H and O–H groups in total. The molecule has 0 heterocycles. The van der Waals surface area contributed by atoms with E-state index in [-0.39, 0.29) is 29.8 Å². The van der Waals surface area contributed by atoms with Crippen molar-refractivity contribution in [3.05, 3.63) is 34.1 Å². The largest absolute Gasteiger partial charge is 0.370 e. The minimum absolute atomic E-state index is 0. The molecule has 1 aromatic rings. The number of guanidine groups is 1. The summed E-state index contributed by atoms with van der Waals surface area (Å²) in [6.07, 6.45) is 6.99. The molecule has 0 amide bonds. The molecule has 0 aliphatic heterocycles. The van der Waals surface area contributed by atoms with E-state index >= 15 is 0 Å². The van der Waals surface area contributed by atoms with E-state index in [1.807, 2.05) is 0 Å². The summed E-state index contributed by atoms with van der Waals surface area (Å²) in [7, 11) is 0. The van der Waals surface area contributed by atoms with E-state index < -0.39 is 0 Å². The predicted molar refractivity (Wildman–Crippen MR) is 99.7 cm³/mol. The number of benzene rings is 1. The topological polar surface area (TPSA) is 50.4 Å². The number of nitrogens with two attached hydrogens (primary N) is 1. The molecule has 0 saturated heterocycles. The van der Waals surface area contributed by atoms with E-state index in [4.69, 9.17) is 5.73 Å². The summed E-state index contributed by atoms with van der Waals surface area (Å²) >= 11 is 3.18. The molecule has 21 heavy (non-hydrogen) atoms. The second-order valence-electron chi connectivity index (χ2n) is 5.24. The van der Waals surface area contributed by atoms with E-state index in [9.17, 15) is 4.39 Å². The van der Waals surface area contributed by atoms with Gasteiger partial charge in [0.2, 0.25) is 0 Å². The Kier molecular flexibility index (Phi) is 8.55. The average molecular weight is 470 g/mol. The van der Waals surface area contributed by atoms with Crippen molar-refractivity contribution >= 4 is 45.9 Å². The standard InChI is InChI=1S/C15H21BrFN3.HI/c16-13-10-11(6-7-14(13)17)8-9-19-15(18)20-12-4-2-1-3-5-12;/h6-7,10,12H,1-5,8-9H2,(H3,18,19,20);1H. The molecule has 0 unspecified atom stereocenters. The van der Waals surface area contributed by atoms with Crippen molar-refractivity contribution in [2.45, 2.75) is 44.6 Å². The maximum absolute atomic E-state index is 13.1. The minimum atomic E-state index is -0.240. The Balaban J connectivity index is 0.00000220. The first-order valence-corrected chi connectivity index (χ1v) is 7.95. The van der Waals surface area contributed by atoms with Crippen molar-refractivity contribution in [1.82, 2.24) is 5.32 Å². The van der Waals surface area contributed by atoms with Gasteiger partial charge in [-0.1, -0.05) is 25.3 Å². The molecule has 2 rings (SSSR count). The van der Waals surface area contributed by atoms with Gasteiger partial charge in [-0.15, -0.1) is 24.0 Å². The molecule has 0 spiro atoms.